The summed E-state index contributed by atoms with van der Waals surface area (Å²) in [4.78, 5) is 0.626. The molecule has 154 valence electrons. The van der Waals surface area contributed by atoms with E-state index in [1.807, 2.05) is 0 Å². The predicted octanol–water partition coefficient (Wildman–Crippen LogP) is 3.96. The zero-order valence-corrected chi connectivity index (χ0v) is 17.9. The first-order valence-corrected chi connectivity index (χ1v) is 10.1. The summed E-state index contributed by atoms with van der Waals surface area (Å²) in [6.45, 7) is 3.22. The van der Waals surface area contributed by atoms with E-state index in [0.717, 1.165) is 21.6 Å². The minimum absolute atomic E-state index is 0.00944. The number of hydrogen-bond donors (Lipinski definition) is 4. The summed E-state index contributed by atoms with van der Waals surface area (Å²) in [5, 5.41) is 41.8. The average Bonchev–Trinajstić information content (AvgIpc) is 2.68. The first-order chi connectivity index (χ1) is 13.2. The monoisotopic (exact) mass is 430 g/mol. The molecule has 0 spiro atoms. The van der Waals surface area contributed by atoms with Crippen molar-refractivity contribution in [2.24, 2.45) is 0 Å². The molecule has 28 heavy (non-hydrogen) atoms. The topological polar surface area (TPSA) is 118 Å². The van der Waals surface area contributed by atoms with Gasteiger partial charge >= 0.3 is 0 Å². The number of methoxy groups -OCH3 is 4. The molecule has 4 N–H and O–H groups in total. The molecule has 0 saturated heterocycles. The van der Waals surface area contributed by atoms with Gasteiger partial charge in [-0.2, -0.15) is 0 Å². The van der Waals surface area contributed by atoms with Crippen molar-refractivity contribution in [1.29, 1.82) is 0 Å². The summed E-state index contributed by atoms with van der Waals surface area (Å²) >= 11 is 0. The first-order valence-electron chi connectivity index (χ1n) is 7.92. The lowest BCUT2D eigenvalue weighted by Crippen LogP contribution is -1.96. The summed E-state index contributed by atoms with van der Waals surface area (Å²) < 4.78 is 20.5. The Balaban J connectivity index is 2.54. The van der Waals surface area contributed by atoms with Crippen LogP contribution in [0.5, 0.6) is 46.0 Å². The lowest BCUT2D eigenvalue weighted by molar-refractivity contribution is 0.311. The van der Waals surface area contributed by atoms with Crippen LogP contribution in [0.1, 0.15) is 11.1 Å². The summed E-state index contributed by atoms with van der Waals surface area (Å²) in [7, 11) is 7.52. The zero-order valence-electron chi connectivity index (χ0n) is 16.2. The highest BCUT2D eigenvalue weighted by atomic mass is 33.1. The Kier molecular flexibility index (Phi) is 6.78. The van der Waals surface area contributed by atoms with Gasteiger partial charge in [-0.25, -0.2) is 0 Å². The Bertz CT molecular complexity index is 825. The van der Waals surface area contributed by atoms with Crippen LogP contribution in [0.2, 0.25) is 0 Å². The number of ether oxygens (including phenoxy) is 4. The van der Waals surface area contributed by atoms with E-state index in [9.17, 15) is 20.4 Å². The molecular formula is C18H22O8S2. The van der Waals surface area contributed by atoms with E-state index in [1.165, 1.54) is 28.4 Å². The second-order valence-electron chi connectivity index (χ2n) is 5.60. The number of phenols is 4. The zero-order chi connectivity index (χ0) is 21.2. The molecule has 0 aliphatic heterocycles. The maximum atomic E-state index is 10.6. The highest BCUT2D eigenvalue weighted by molar-refractivity contribution is 8.76. The number of benzene rings is 2. The van der Waals surface area contributed by atoms with Gasteiger partial charge in [0.1, 0.15) is 0 Å². The van der Waals surface area contributed by atoms with Gasteiger partial charge in [-0.1, -0.05) is 0 Å². The van der Waals surface area contributed by atoms with Crippen molar-refractivity contribution in [3.05, 3.63) is 11.1 Å². The molecule has 0 heterocycles. The maximum absolute atomic E-state index is 10.6. The number of hydrogen-bond acceptors (Lipinski definition) is 10. The van der Waals surface area contributed by atoms with Crippen molar-refractivity contribution >= 4 is 21.6 Å². The van der Waals surface area contributed by atoms with Gasteiger partial charge in [-0.05, 0) is 35.4 Å². The number of phenolic OH excluding ortho intramolecular Hbond substituents is 4. The molecule has 2 aromatic carbocycles. The molecule has 8 nitrogen and oxygen atoms in total. The molecule has 0 fully saturated rings. The Morgan fingerprint density at radius 1 is 0.500 bits per heavy atom. The van der Waals surface area contributed by atoms with Gasteiger partial charge in [0.25, 0.3) is 0 Å². The molecule has 0 saturated carbocycles. The van der Waals surface area contributed by atoms with Crippen LogP contribution in [0.15, 0.2) is 9.79 Å². The fourth-order valence-electron chi connectivity index (χ4n) is 2.59. The average molecular weight is 431 g/mol. The molecule has 0 bridgehead atoms. The number of aromatic hydroxyl groups is 4. The highest BCUT2D eigenvalue weighted by Crippen LogP contribution is 2.58. The maximum Gasteiger partial charge on any atom is 0.208 e. The number of rotatable bonds is 7. The molecule has 0 aromatic heterocycles. The molecule has 0 amide bonds. The Morgan fingerprint density at radius 3 is 1.00 bits per heavy atom. The van der Waals surface area contributed by atoms with Crippen LogP contribution in [-0.4, -0.2) is 48.9 Å². The van der Waals surface area contributed by atoms with Crippen molar-refractivity contribution in [2.45, 2.75) is 23.6 Å². The quantitative estimate of drug-likeness (QED) is 0.380. The Hall–Kier alpha value is -2.46. The molecule has 0 unspecified atom stereocenters. The van der Waals surface area contributed by atoms with Gasteiger partial charge in [-0.3, -0.25) is 0 Å². The summed E-state index contributed by atoms with van der Waals surface area (Å²) in [5.74, 6) is -0.741. The first kappa shape index (κ1) is 21.8. The predicted molar refractivity (Wildman–Crippen MR) is 107 cm³/mol. The van der Waals surface area contributed by atoms with Gasteiger partial charge in [0, 0.05) is 11.1 Å². The van der Waals surface area contributed by atoms with E-state index in [-0.39, 0.29) is 46.0 Å². The van der Waals surface area contributed by atoms with Crippen molar-refractivity contribution in [2.75, 3.05) is 28.4 Å². The third kappa shape index (κ3) is 3.49. The second kappa shape index (κ2) is 8.70. The van der Waals surface area contributed by atoms with Crippen molar-refractivity contribution in [3.8, 4) is 46.0 Å². The summed E-state index contributed by atoms with van der Waals surface area (Å²) in [6, 6.07) is 0. The van der Waals surface area contributed by atoms with Crippen LogP contribution >= 0.6 is 21.6 Å². The SMILES string of the molecule is COc1c(O)c(C)c(SSc2c(C)c(O)c(OC)c(OC)c2O)c(O)c1OC. The lowest BCUT2D eigenvalue weighted by Gasteiger charge is -2.19. The van der Waals surface area contributed by atoms with Gasteiger partial charge in [0.05, 0.1) is 38.2 Å². The summed E-state index contributed by atoms with van der Waals surface area (Å²) in [6.07, 6.45) is 0. The minimum Gasteiger partial charge on any atom is -0.504 e. The van der Waals surface area contributed by atoms with Crippen molar-refractivity contribution in [1.82, 2.24) is 0 Å². The standard InChI is InChI=1S/C18H22O8S2/c1-7-9(19)13(23-3)15(25-5)11(21)17(7)27-28-18-8(2)10(20)14(24-4)16(26-6)12(18)22/h19-22H,1-6H3. The molecule has 0 atom stereocenters. The van der Waals surface area contributed by atoms with Crippen molar-refractivity contribution in [3.63, 3.8) is 0 Å². The third-order valence-electron chi connectivity index (χ3n) is 4.12. The molecule has 0 radical (unpaired) electrons. The van der Waals surface area contributed by atoms with Gasteiger partial charge in [0.15, 0.2) is 23.0 Å². The smallest absolute Gasteiger partial charge is 0.208 e. The Morgan fingerprint density at radius 2 is 0.750 bits per heavy atom. The highest BCUT2D eigenvalue weighted by Gasteiger charge is 2.27. The van der Waals surface area contributed by atoms with Crippen LogP contribution < -0.4 is 18.9 Å². The van der Waals surface area contributed by atoms with Crippen LogP contribution in [0.4, 0.5) is 0 Å². The van der Waals surface area contributed by atoms with E-state index in [0.29, 0.717) is 20.9 Å². The molecule has 0 aliphatic carbocycles. The van der Waals surface area contributed by atoms with E-state index in [1.54, 1.807) is 13.8 Å². The molecule has 2 rings (SSSR count). The molecule has 2 aromatic rings. The normalized spacial score (nSPS) is 10.6. The summed E-state index contributed by atoms with van der Waals surface area (Å²) in [5.41, 5.74) is 0.740. The van der Waals surface area contributed by atoms with E-state index in [2.05, 4.69) is 0 Å². The van der Waals surface area contributed by atoms with Crippen LogP contribution in [-0.2, 0) is 0 Å². The van der Waals surface area contributed by atoms with Gasteiger partial charge < -0.3 is 39.4 Å². The van der Waals surface area contributed by atoms with Gasteiger partial charge in [-0.15, -0.1) is 0 Å². The molecule has 0 aliphatic rings. The minimum atomic E-state index is -0.214. The van der Waals surface area contributed by atoms with Gasteiger partial charge in [0.2, 0.25) is 23.0 Å². The van der Waals surface area contributed by atoms with E-state index in [4.69, 9.17) is 18.9 Å². The van der Waals surface area contributed by atoms with Crippen LogP contribution in [0.3, 0.4) is 0 Å². The van der Waals surface area contributed by atoms with Crippen molar-refractivity contribution < 1.29 is 39.4 Å². The molecule has 10 heteroatoms. The van der Waals surface area contributed by atoms with E-state index < -0.39 is 0 Å². The fraction of sp³-hybridized carbons (Fsp3) is 0.333. The van der Waals surface area contributed by atoms with E-state index >= 15 is 0 Å². The lowest BCUT2D eigenvalue weighted by atomic mass is 10.1. The van der Waals surface area contributed by atoms with Crippen LogP contribution in [0, 0.1) is 13.8 Å². The largest absolute Gasteiger partial charge is 0.504 e. The molecular weight excluding hydrogens is 408 g/mol. The third-order valence-corrected chi connectivity index (χ3v) is 6.79. The van der Waals surface area contributed by atoms with Crippen LogP contribution in [0.25, 0.3) is 0 Å². The second-order valence-corrected chi connectivity index (χ2v) is 7.75. The fourth-order valence-corrected chi connectivity index (χ4v) is 5.27. The Labute approximate surface area is 170 Å².